The number of halogens is 1. The summed E-state index contributed by atoms with van der Waals surface area (Å²) in [6.45, 7) is 2.23. The van der Waals surface area contributed by atoms with Gasteiger partial charge in [0, 0.05) is 18.5 Å². The van der Waals surface area contributed by atoms with Crippen LogP contribution in [-0.2, 0) is 4.74 Å². The number of alkyl carbamates (subject to hydrolysis) is 1. The minimum absolute atomic E-state index is 0. The molecule has 1 aliphatic heterocycles. The molecule has 1 unspecified atom stereocenters. The van der Waals surface area contributed by atoms with Gasteiger partial charge in [-0.05, 0) is 41.6 Å². The Bertz CT molecular complexity index is 698. The molecule has 1 atom stereocenters. The van der Waals surface area contributed by atoms with Crippen LogP contribution in [0.15, 0.2) is 48.5 Å². The van der Waals surface area contributed by atoms with Crippen LogP contribution in [-0.4, -0.2) is 31.8 Å². The minimum atomic E-state index is -0.314. The molecule has 2 aromatic carbocycles. The first-order chi connectivity index (χ1) is 11.8. The van der Waals surface area contributed by atoms with E-state index in [2.05, 4.69) is 47.0 Å². The van der Waals surface area contributed by atoms with Crippen LogP contribution in [0.2, 0.25) is 0 Å². The maximum Gasteiger partial charge on any atom is 0.407 e. The van der Waals surface area contributed by atoms with Gasteiger partial charge in [0.25, 0.3) is 0 Å². The number of ether oxygens (including phenoxy) is 1. The van der Waals surface area contributed by atoms with Gasteiger partial charge in [-0.15, -0.1) is 12.4 Å². The smallest absolute Gasteiger partial charge is 0.407 e. The molecule has 1 saturated heterocycles. The Morgan fingerprint density at radius 2 is 1.72 bits per heavy atom. The molecule has 2 aromatic rings. The van der Waals surface area contributed by atoms with Gasteiger partial charge in [0.2, 0.25) is 0 Å². The van der Waals surface area contributed by atoms with Crippen LogP contribution < -0.4 is 10.6 Å². The Morgan fingerprint density at radius 1 is 1.08 bits per heavy atom. The zero-order valence-electron chi connectivity index (χ0n) is 14.0. The average Bonchev–Trinajstić information content (AvgIpc) is 2.95. The highest BCUT2D eigenvalue weighted by Gasteiger charge is 2.29. The maximum absolute atomic E-state index is 12.1. The lowest BCUT2D eigenvalue weighted by Crippen LogP contribution is -2.45. The molecule has 132 valence electrons. The van der Waals surface area contributed by atoms with E-state index >= 15 is 0 Å². The largest absolute Gasteiger partial charge is 0.449 e. The molecule has 1 amide bonds. The molecule has 5 heteroatoms. The first kappa shape index (κ1) is 17.8. The number of amides is 1. The Morgan fingerprint density at radius 3 is 2.32 bits per heavy atom. The molecule has 1 heterocycles. The van der Waals surface area contributed by atoms with Crippen LogP contribution in [0.25, 0.3) is 11.1 Å². The zero-order chi connectivity index (χ0) is 16.4. The fourth-order valence-electron chi connectivity index (χ4n) is 3.78. The molecule has 0 spiro atoms. The molecule has 0 bridgehead atoms. The number of carbonyl (C=O) groups excluding carboxylic acids is 1. The summed E-state index contributed by atoms with van der Waals surface area (Å²) in [5, 5.41) is 6.26. The molecule has 2 aliphatic rings. The minimum Gasteiger partial charge on any atom is -0.449 e. The van der Waals surface area contributed by atoms with Crippen molar-refractivity contribution in [2.45, 2.75) is 24.8 Å². The number of rotatable bonds is 3. The van der Waals surface area contributed by atoms with Crippen LogP contribution >= 0.6 is 12.4 Å². The molecule has 1 aliphatic carbocycles. The second-order valence-corrected chi connectivity index (χ2v) is 6.51. The number of hydrogen-bond donors (Lipinski definition) is 2. The number of piperidine rings is 1. The van der Waals surface area contributed by atoms with Gasteiger partial charge in [-0.1, -0.05) is 48.5 Å². The second-order valence-electron chi connectivity index (χ2n) is 6.51. The first-order valence-corrected chi connectivity index (χ1v) is 8.65. The van der Waals surface area contributed by atoms with Crippen molar-refractivity contribution in [1.29, 1.82) is 0 Å². The van der Waals surface area contributed by atoms with Gasteiger partial charge >= 0.3 is 6.09 Å². The standard InChI is InChI=1S/C20H22N2O2.ClH/c23-20(22-14-6-5-11-21-12-14)24-13-19-17-9-3-1-7-15(17)16-8-2-4-10-18(16)19;/h1-4,7-10,14,19,21H,5-6,11-13H2,(H,22,23);1H. The van der Waals surface area contributed by atoms with E-state index in [0.717, 1.165) is 25.9 Å². The van der Waals surface area contributed by atoms with Crippen molar-refractivity contribution >= 4 is 18.5 Å². The van der Waals surface area contributed by atoms with Gasteiger partial charge in [-0.25, -0.2) is 4.79 Å². The van der Waals surface area contributed by atoms with Crippen LogP contribution in [0.1, 0.15) is 29.9 Å². The van der Waals surface area contributed by atoms with E-state index in [-0.39, 0.29) is 30.5 Å². The predicted octanol–water partition coefficient (Wildman–Crippen LogP) is 3.70. The van der Waals surface area contributed by atoms with Crippen molar-refractivity contribution in [2.24, 2.45) is 0 Å². The van der Waals surface area contributed by atoms with Crippen LogP contribution in [0.4, 0.5) is 4.79 Å². The van der Waals surface area contributed by atoms with E-state index in [1.165, 1.54) is 22.3 Å². The highest BCUT2D eigenvalue weighted by molar-refractivity contribution is 5.85. The molecule has 0 radical (unpaired) electrons. The Kier molecular flexibility index (Phi) is 5.61. The van der Waals surface area contributed by atoms with Crippen LogP contribution in [0.5, 0.6) is 0 Å². The summed E-state index contributed by atoms with van der Waals surface area (Å²) in [5.74, 6) is 0.118. The summed E-state index contributed by atoms with van der Waals surface area (Å²) in [6, 6.07) is 16.9. The SMILES string of the molecule is Cl.O=C(NC1CCCNC1)OCC1c2ccccc2-c2ccccc21. The van der Waals surface area contributed by atoms with Crippen molar-refractivity contribution in [3.8, 4) is 11.1 Å². The average molecular weight is 359 g/mol. The Hall–Kier alpha value is -2.04. The summed E-state index contributed by atoms with van der Waals surface area (Å²) >= 11 is 0. The number of benzene rings is 2. The second kappa shape index (κ2) is 7.89. The van der Waals surface area contributed by atoms with E-state index in [4.69, 9.17) is 4.74 Å². The van der Waals surface area contributed by atoms with Gasteiger partial charge in [0.05, 0.1) is 0 Å². The number of hydrogen-bond acceptors (Lipinski definition) is 3. The van der Waals surface area contributed by atoms with Gasteiger partial charge < -0.3 is 15.4 Å². The summed E-state index contributed by atoms with van der Waals surface area (Å²) < 4.78 is 5.56. The summed E-state index contributed by atoms with van der Waals surface area (Å²) in [6.07, 6.45) is 1.79. The molecular formula is C20H23ClN2O2. The highest BCUT2D eigenvalue weighted by atomic mass is 35.5. The fourth-order valence-corrected chi connectivity index (χ4v) is 3.78. The third kappa shape index (κ3) is 3.65. The van der Waals surface area contributed by atoms with Gasteiger partial charge in [-0.2, -0.15) is 0 Å². The molecule has 4 rings (SSSR count). The van der Waals surface area contributed by atoms with Crippen molar-refractivity contribution in [3.05, 3.63) is 59.7 Å². The highest BCUT2D eigenvalue weighted by Crippen LogP contribution is 2.44. The Labute approximate surface area is 154 Å². The molecule has 2 N–H and O–H groups in total. The molecule has 1 fully saturated rings. The topological polar surface area (TPSA) is 50.4 Å². The van der Waals surface area contributed by atoms with E-state index in [9.17, 15) is 4.79 Å². The van der Waals surface area contributed by atoms with Crippen LogP contribution in [0.3, 0.4) is 0 Å². The van der Waals surface area contributed by atoms with E-state index < -0.39 is 0 Å². The summed E-state index contributed by atoms with van der Waals surface area (Å²) in [7, 11) is 0. The summed E-state index contributed by atoms with van der Waals surface area (Å²) in [5.41, 5.74) is 4.98. The zero-order valence-corrected chi connectivity index (χ0v) is 14.9. The lowest BCUT2D eigenvalue weighted by Gasteiger charge is -2.24. The number of nitrogens with one attached hydrogen (secondary N) is 2. The fraction of sp³-hybridized carbons (Fsp3) is 0.350. The third-order valence-corrected chi connectivity index (χ3v) is 4.96. The molecule has 0 saturated carbocycles. The van der Waals surface area contributed by atoms with Crippen molar-refractivity contribution in [3.63, 3.8) is 0 Å². The van der Waals surface area contributed by atoms with Gasteiger partial charge in [0.1, 0.15) is 6.61 Å². The third-order valence-electron chi connectivity index (χ3n) is 4.96. The van der Waals surface area contributed by atoms with E-state index in [0.29, 0.717) is 6.61 Å². The van der Waals surface area contributed by atoms with E-state index in [1.807, 2.05) is 12.1 Å². The van der Waals surface area contributed by atoms with Crippen molar-refractivity contribution < 1.29 is 9.53 Å². The van der Waals surface area contributed by atoms with Gasteiger partial charge in [-0.3, -0.25) is 0 Å². The lowest BCUT2D eigenvalue weighted by molar-refractivity contribution is 0.137. The quantitative estimate of drug-likeness (QED) is 0.879. The normalized spacial score (nSPS) is 18.6. The number of carbonyl (C=O) groups is 1. The van der Waals surface area contributed by atoms with Crippen molar-refractivity contribution in [2.75, 3.05) is 19.7 Å². The monoisotopic (exact) mass is 358 g/mol. The summed E-state index contributed by atoms with van der Waals surface area (Å²) in [4.78, 5) is 12.1. The first-order valence-electron chi connectivity index (χ1n) is 8.65. The molecule has 0 aromatic heterocycles. The molecule has 4 nitrogen and oxygen atoms in total. The molecule has 25 heavy (non-hydrogen) atoms. The van der Waals surface area contributed by atoms with Gasteiger partial charge in [0.15, 0.2) is 0 Å². The molecular weight excluding hydrogens is 336 g/mol. The Balaban J connectivity index is 0.00000182. The van der Waals surface area contributed by atoms with E-state index in [1.54, 1.807) is 0 Å². The maximum atomic E-state index is 12.1. The van der Waals surface area contributed by atoms with Crippen LogP contribution in [0, 0.1) is 0 Å². The lowest BCUT2D eigenvalue weighted by atomic mass is 9.98. The number of fused-ring (bicyclic) bond motifs is 3. The van der Waals surface area contributed by atoms with Crippen molar-refractivity contribution in [1.82, 2.24) is 10.6 Å². The predicted molar refractivity (Wildman–Crippen MR) is 101 cm³/mol.